The number of nitrogens with two attached hydrogens (primary N) is 1. The van der Waals surface area contributed by atoms with Crippen LogP contribution < -0.4 is 5.73 Å². The summed E-state index contributed by atoms with van der Waals surface area (Å²) in [6.45, 7) is 2.07. The van der Waals surface area contributed by atoms with Crippen molar-refractivity contribution in [1.82, 2.24) is 0 Å². The van der Waals surface area contributed by atoms with Crippen LogP contribution in [0.1, 0.15) is 13.3 Å². The van der Waals surface area contributed by atoms with Crippen molar-refractivity contribution in [2.24, 2.45) is 0 Å². The smallest absolute Gasteiger partial charge is 0.308 e. The van der Waals surface area contributed by atoms with Gasteiger partial charge in [0.25, 0.3) is 0 Å². The van der Waals surface area contributed by atoms with Gasteiger partial charge in [0, 0.05) is 20.8 Å². The van der Waals surface area contributed by atoms with Crippen LogP contribution in [0.3, 0.4) is 0 Å². The lowest BCUT2D eigenvalue weighted by molar-refractivity contribution is -0.144. The quantitative estimate of drug-likeness (QED) is 0.475. The second kappa shape index (κ2) is 7.66. The van der Waals surface area contributed by atoms with Gasteiger partial charge in [0.1, 0.15) is 0 Å². The fourth-order valence-electron chi connectivity index (χ4n) is 1.29. The third-order valence-corrected chi connectivity index (χ3v) is 3.82. The lowest BCUT2D eigenvalue weighted by Crippen LogP contribution is -2.17. The van der Waals surface area contributed by atoms with Gasteiger partial charge in [-0.3, -0.25) is 4.79 Å². The summed E-state index contributed by atoms with van der Waals surface area (Å²) in [6.07, 6.45) is -0.721. The van der Waals surface area contributed by atoms with Gasteiger partial charge in [0.15, 0.2) is 0 Å². The van der Waals surface area contributed by atoms with E-state index in [1.54, 1.807) is 13.0 Å². The number of halogens is 1. The van der Waals surface area contributed by atoms with E-state index >= 15 is 0 Å². The molecular formula is C12H16BrNO3S. The average molecular weight is 334 g/mol. The molecule has 1 aromatic carbocycles. The molecule has 1 atom stereocenters. The molecule has 0 amide bonds. The van der Waals surface area contributed by atoms with Gasteiger partial charge in [-0.1, -0.05) is 15.9 Å². The fourth-order valence-corrected chi connectivity index (χ4v) is 2.74. The first-order valence-electron chi connectivity index (χ1n) is 5.54. The molecule has 100 valence electrons. The zero-order chi connectivity index (χ0) is 13.5. The largest absolute Gasteiger partial charge is 0.466 e. The Morgan fingerprint density at radius 1 is 1.61 bits per heavy atom. The summed E-state index contributed by atoms with van der Waals surface area (Å²) in [4.78, 5) is 12.0. The predicted molar refractivity (Wildman–Crippen MR) is 76.5 cm³/mol. The highest BCUT2D eigenvalue weighted by Gasteiger charge is 2.12. The van der Waals surface area contributed by atoms with Crippen molar-refractivity contribution in [2.45, 2.75) is 24.3 Å². The first-order chi connectivity index (χ1) is 8.52. The van der Waals surface area contributed by atoms with Gasteiger partial charge in [0.05, 0.1) is 19.1 Å². The Morgan fingerprint density at radius 2 is 2.33 bits per heavy atom. The number of ether oxygens (including phenoxy) is 1. The number of esters is 1. The second-order valence-corrected chi connectivity index (χ2v) is 5.63. The van der Waals surface area contributed by atoms with Gasteiger partial charge in [-0.2, -0.15) is 0 Å². The Balaban J connectivity index is 2.44. The van der Waals surface area contributed by atoms with Crippen LogP contribution in [0, 0.1) is 0 Å². The first kappa shape index (κ1) is 15.3. The van der Waals surface area contributed by atoms with E-state index in [4.69, 9.17) is 10.5 Å². The molecule has 6 heteroatoms. The zero-order valence-electron chi connectivity index (χ0n) is 10.1. The predicted octanol–water partition coefficient (Wildman–Crippen LogP) is 2.44. The van der Waals surface area contributed by atoms with Crippen molar-refractivity contribution in [3.8, 4) is 0 Å². The maximum absolute atomic E-state index is 11.2. The van der Waals surface area contributed by atoms with E-state index in [0.29, 0.717) is 18.0 Å². The molecule has 4 nitrogen and oxygen atoms in total. The lowest BCUT2D eigenvalue weighted by atomic mass is 10.3. The Morgan fingerprint density at radius 3 is 3.00 bits per heavy atom. The summed E-state index contributed by atoms with van der Waals surface area (Å²) in [7, 11) is 0. The summed E-state index contributed by atoms with van der Waals surface area (Å²) >= 11 is 4.78. The highest BCUT2D eigenvalue weighted by atomic mass is 79.9. The van der Waals surface area contributed by atoms with E-state index in [9.17, 15) is 9.90 Å². The van der Waals surface area contributed by atoms with Crippen LogP contribution >= 0.6 is 27.7 Å². The molecule has 0 spiro atoms. The Bertz CT molecular complexity index is 414. The molecule has 0 radical (unpaired) electrons. The van der Waals surface area contributed by atoms with Gasteiger partial charge in [-0.25, -0.2) is 0 Å². The van der Waals surface area contributed by atoms with Crippen molar-refractivity contribution < 1.29 is 14.6 Å². The van der Waals surface area contributed by atoms with Gasteiger partial charge >= 0.3 is 5.97 Å². The van der Waals surface area contributed by atoms with E-state index in [-0.39, 0.29) is 12.4 Å². The summed E-state index contributed by atoms with van der Waals surface area (Å²) in [5.41, 5.74) is 6.47. The van der Waals surface area contributed by atoms with E-state index in [1.165, 1.54) is 11.8 Å². The van der Waals surface area contributed by atoms with Crippen molar-refractivity contribution in [3.05, 3.63) is 22.7 Å². The van der Waals surface area contributed by atoms with Crippen LogP contribution in [0.5, 0.6) is 0 Å². The van der Waals surface area contributed by atoms with Gasteiger partial charge < -0.3 is 15.6 Å². The van der Waals surface area contributed by atoms with Crippen LogP contribution in [0.4, 0.5) is 5.69 Å². The summed E-state index contributed by atoms with van der Waals surface area (Å²) in [5.74, 6) is 0.0206. The van der Waals surface area contributed by atoms with Crippen LogP contribution in [0.2, 0.25) is 0 Å². The van der Waals surface area contributed by atoms with E-state index in [1.807, 2.05) is 12.1 Å². The Kier molecular flexibility index (Phi) is 6.52. The van der Waals surface area contributed by atoms with Crippen LogP contribution in [-0.2, 0) is 9.53 Å². The molecule has 0 heterocycles. The molecule has 3 N–H and O–H groups in total. The number of thioether (sulfide) groups is 1. The van der Waals surface area contributed by atoms with E-state index < -0.39 is 6.10 Å². The van der Waals surface area contributed by atoms with Crippen molar-refractivity contribution in [3.63, 3.8) is 0 Å². The maximum atomic E-state index is 11.2. The number of benzene rings is 1. The third kappa shape index (κ3) is 5.29. The summed E-state index contributed by atoms with van der Waals surface area (Å²) < 4.78 is 5.70. The minimum atomic E-state index is -0.729. The molecule has 1 aromatic rings. The van der Waals surface area contributed by atoms with Gasteiger partial charge in [-0.05, 0) is 25.1 Å². The van der Waals surface area contributed by atoms with Gasteiger partial charge in [0.2, 0.25) is 0 Å². The van der Waals surface area contributed by atoms with E-state index in [2.05, 4.69) is 15.9 Å². The molecule has 0 saturated heterocycles. The average Bonchev–Trinajstić information content (AvgIpc) is 2.30. The second-order valence-electron chi connectivity index (χ2n) is 3.66. The van der Waals surface area contributed by atoms with Gasteiger partial charge in [-0.15, -0.1) is 11.8 Å². The Labute approximate surface area is 119 Å². The summed E-state index contributed by atoms with van der Waals surface area (Å²) in [6, 6.07) is 5.54. The molecule has 0 aliphatic carbocycles. The molecular weight excluding hydrogens is 318 g/mol. The summed E-state index contributed by atoms with van der Waals surface area (Å²) in [5, 5.41) is 9.69. The van der Waals surface area contributed by atoms with Crippen molar-refractivity contribution in [1.29, 1.82) is 0 Å². The molecule has 0 fully saturated rings. The van der Waals surface area contributed by atoms with Crippen LogP contribution in [0.25, 0.3) is 0 Å². The Hall–Kier alpha value is -0.720. The molecule has 0 bridgehead atoms. The molecule has 1 unspecified atom stereocenters. The number of rotatable bonds is 6. The number of hydrogen-bond acceptors (Lipinski definition) is 5. The topological polar surface area (TPSA) is 72.5 Å². The molecule has 1 rings (SSSR count). The molecule has 0 aromatic heterocycles. The number of carbonyl (C=O) groups excluding carboxylic acids is 1. The first-order valence-corrected chi connectivity index (χ1v) is 7.32. The van der Waals surface area contributed by atoms with E-state index in [0.717, 1.165) is 9.37 Å². The van der Waals surface area contributed by atoms with Crippen LogP contribution in [0.15, 0.2) is 27.6 Å². The number of aliphatic hydroxyl groups is 1. The minimum absolute atomic E-state index is 0.00868. The molecule has 0 aliphatic heterocycles. The number of nitrogen functional groups attached to an aromatic ring is 1. The molecule has 0 aliphatic rings. The number of carbonyl (C=O) groups is 1. The maximum Gasteiger partial charge on any atom is 0.308 e. The SMILES string of the molecule is CCOC(=O)CC(O)CSc1cc(Br)ccc1N. The molecule has 18 heavy (non-hydrogen) atoms. The highest BCUT2D eigenvalue weighted by molar-refractivity contribution is 9.10. The molecule has 0 saturated carbocycles. The lowest BCUT2D eigenvalue weighted by Gasteiger charge is -2.11. The van der Waals surface area contributed by atoms with Crippen molar-refractivity contribution in [2.75, 3.05) is 18.1 Å². The monoisotopic (exact) mass is 333 g/mol. The fraction of sp³-hybridized carbons (Fsp3) is 0.417. The number of aliphatic hydroxyl groups excluding tert-OH is 1. The van der Waals surface area contributed by atoms with Crippen molar-refractivity contribution >= 4 is 39.3 Å². The number of hydrogen-bond donors (Lipinski definition) is 2. The zero-order valence-corrected chi connectivity index (χ0v) is 12.5. The normalized spacial score (nSPS) is 12.2. The number of anilines is 1. The standard InChI is InChI=1S/C12H16BrNO3S/c1-2-17-12(16)6-9(15)7-18-11-5-8(13)3-4-10(11)14/h3-5,9,15H,2,6-7,14H2,1H3. The minimum Gasteiger partial charge on any atom is -0.466 e. The highest BCUT2D eigenvalue weighted by Crippen LogP contribution is 2.28. The van der Waals surface area contributed by atoms with Crippen LogP contribution in [-0.4, -0.2) is 29.5 Å². The third-order valence-electron chi connectivity index (χ3n) is 2.11.